The zero-order valence-electron chi connectivity index (χ0n) is 10.6. The van der Waals surface area contributed by atoms with Crippen LogP contribution in [-0.4, -0.2) is 41.6 Å². The second-order valence-electron chi connectivity index (χ2n) is 4.29. The maximum Gasteiger partial charge on any atom is 0.242 e. The third-order valence-corrected chi connectivity index (χ3v) is 4.32. The first kappa shape index (κ1) is 15.9. The van der Waals surface area contributed by atoms with Gasteiger partial charge in [-0.25, -0.2) is 13.1 Å². The van der Waals surface area contributed by atoms with Crippen LogP contribution in [0.15, 0.2) is 23.1 Å². The van der Waals surface area contributed by atoms with Crippen molar-refractivity contribution in [1.82, 2.24) is 4.72 Å². The number of quaternary nitrogens is 1. The molecule has 0 aliphatic carbocycles. The molecular weight excluding hydrogens is 292 g/mol. The minimum atomic E-state index is -3.83. The predicted molar refractivity (Wildman–Crippen MR) is 68.6 cm³/mol. The zero-order chi connectivity index (χ0) is 14.6. The molecule has 0 bridgehead atoms. The molecule has 0 atom stereocenters. The molecule has 2 N–H and O–H groups in total. The first-order valence-corrected chi connectivity index (χ1v) is 7.40. The van der Waals surface area contributed by atoms with E-state index in [9.17, 15) is 18.3 Å². The first-order chi connectivity index (χ1) is 8.74. The van der Waals surface area contributed by atoms with E-state index in [0.717, 1.165) is 11.0 Å². The smallest absolute Gasteiger partial charge is 0.242 e. The SMILES string of the molecule is C[NH+](C)CCNS(=O)(=O)c1cc(C(=O)[O-])ccc1Cl. The summed E-state index contributed by atoms with van der Waals surface area (Å²) >= 11 is 5.79. The first-order valence-electron chi connectivity index (χ1n) is 5.53. The molecule has 1 aromatic rings. The minimum Gasteiger partial charge on any atom is -0.545 e. The fraction of sp³-hybridized carbons (Fsp3) is 0.364. The molecular formula is C11H15ClN2O4S. The molecule has 0 aliphatic heterocycles. The average Bonchev–Trinajstić information content (AvgIpc) is 2.28. The predicted octanol–water partition coefficient (Wildman–Crippen LogP) is -1.87. The summed E-state index contributed by atoms with van der Waals surface area (Å²) in [5.74, 6) is -1.45. The Balaban J connectivity index is 3.00. The molecule has 0 radical (unpaired) electrons. The van der Waals surface area contributed by atoms with E-state index >= 15 is 0 Å². The number of carboxylic acids is 1. The van der Waals surface area contributed by atoms with Crippen molar-refractivity contribution in [1.29, 1.82) is 0 Å². The van der Waals surface area contributed by atoms with Gasteiger partial charge in [0.05, 0.1) is 38.2 Å². The Kier molecular flexibility index (Phi) is 5.30. The number of benzene rings is 1. The van der Waals surface area contributed by atoms with Crippen molar-refractivity contribution in [3.8, 4) is 0 Å². The lowest BCUT2D eigenvalue weighted by Crippen LogP contribution is -3.06. The summed E-state index contributed by atoms with van der Waals surface area (Å²) in [6, 6.07) is 3.40. The molecule has 0 fully saturated rings. The molecule has 1 aromatic carbocycles. The van der Waals surface area contributed by atoms with Crippen LogP contribution in [0.25, 0.3) is 0 Å². The van der Waals surface area contributed by atoms with Crippen molar-refractivity contribution in [3.05, 3.63) is 28.8 Å². The van der Waals surface area contributed by atoms with Crippen LogP contribution in [0, 0.1) is 0 Å². The minimum absolute atomic E-state index is 0.0327. The summed E-state index contributed by atoms with van der Waals surface area (Å²) in [5, 5.41) is 10.7. The van der Waals surface area contributed by atoms with Gasteiger partial charge in [0.2, 0.25) is 10.0 Å². The van der Waals surface area contributed by atoms with Gasteiger partial charge < -0.3 is 14.8 Å². The Morgan fingerprint density at radius 3 is 2.58 bits per heavy atom. The van der Waals surface area contributed by atoms with Gasteiger partial charge in [0.15, 0.2) is 0 Å². The Morgan fingerprint density at radius 2 is 2.05 bits per heavy atom. The number of hydrogen-bond acceptors (Lipinski definition) is 4. The van der Waals surface area contributed by atoms with Crippen LogP contribution in [0.5, 0.6) is 0 Å². The molecule has 0 amide bonds. The number of carbonyl (C=O) groups is 1. The molecule has 6 nitrogen and oxygen atoms in total. The molecule has 0 saturated carbocycles. The summed E-state index contributed by atoms with van der Waals surface area (Å²) in [6.45, 7) is 0.827. The van der Waals surface area contributed by atoms with Crippen molar-refractivity contribution >= 4 is 27.6 Å². The number of likely N-dealkylation sites (N-methyl/N-ethyl adjacent to an activating group) is 1. The molecule has 0 unspecified atom stereocenters. The highest BCUT2D eigenvalue weighted by atomic mass is 35.5. The number of hydrogen-bond donors (Lipinski definition) is 2. The molecule has 8 heteroatoms. The highest BCUT2D eigenvalue weighted by molar-refractivity contribution is 7.89. The Bertz CT molecular complexity index is 572. The van der Waals surface area contributed by atoms with E-state index < -0.39 is 16.0 Å². The summed E-state index contributed by atoms with van der Waals surface area (Å²) in [6.07, 6.45) is 0. The van der Waals surface area contributed by atoms with Crippen LogP contribution in [0.2, 0.25) is 5.02 Å². The number of rotatable bonds is 6. The largest absolute Gasteiger partial charge is 0.545 e. The topological polar surface area (TPSA) is 90.7 Å². The second kappa shape index (κ2) is 6.33. The molecule has 0 heterocycles. The third kappa shape index (κ3) is 4.46. The molecule has 0 aliphatic rings. The fourth-order valence-corrected chi connectivity index (χ4v) is 2.90. The second-order valence-corrected chi connectivity index (χ2v) is 6.43. The Labute approximate surface area is 117 Å². The summed E-state index contributed by atoms with van der Waals surface area (Å²) in [5.41, 5.74) is -0.233. The molecule has 0 spiro atoms. The van der Waals surface area contributed by atoms with Crippen molar-refractivity contribution in [3.63, 3.8) is 0 Å². The lowest BCUT2D eigenvalue weighted by atomic mass is 10.2. The van der Waals surface area contributed by atoms with Crippen LogP contribution in [0.3, 0.4) is 0 Å². The van der Waals surface area contributed by atoms with Gasteiger partial charge >= 0.3 is 0 Å². The number of aromatic carboxylic acids is 1. The van der Waals surface area contributed by atoms with Gasteiger partial charge in [0, 0.05) is 0 Å². The standard InChI is InChI=1S/C11H15ClN2O4S/c1-14(2)6-5-13-19(17,18)10-7-8(11(15)16)3-4-9(10)12/h3-4,7,13H,5-6H2,1-2H3,(H,15,16). The van der Waals surface area contributed by atoms with E-state index in [0.29, 0.717) is 6.54 Å². The van der Waals surface area contributed by atoms with E-state index in [2.05, 4.69) is 4.72 Å². The van der Waals surface area contributed by atoms with E-state index in [-0.39, 0.29) is 22.0 Å². The van der Waals surface area contributed by atoms with Gasteiger partial charge in [0.25, 0.3) is 0 Å². The highest BCUT2D eigenvalue weighted by Gasteiger charge is 2.18. The van der Waals surface area contributed by atoms with E-state index in [1.54, 1.807) is 0 Å². The maximum atomic E-state index is 12.0. The van der Waals surface area contributed by atoms with Crippen molar-refractivity contribution in [2.24, 2.45) is 0 Å². The molecule has 0 aromatic heterocycles. The van der Waals surface area contributed by atoms with Crippen LogP contribution < -0.4 is 14.7 Å². The van der Waals surface area contributed by atoms with E-state index in [1.807, 2.05) is 14.1 Å². The number of carboxylic acid groups (broad SMARTS) is 1. The number of carbonyl (C=O) groups excluding carboxylic acids is 1. The van der Waals surface area contributed by atoms with Gasteiger partial charge in [-0.15, -0.1) is 0 Å². The number of halogens is 1. The van der Waals surface area contributed by atoms with Gasteiger partial charge in [0.1, 0.15) is 4.90 Å². The zero-order valence-corrected chi connectivity index (χ0v) is 12.1. The van der Waals surface area contributed by atoms with Gasteiger partial charge in [-0.05, 0) is 17.7 Å². The van der Waals surface area contributed by atoms with E-state index in [4.69, 9.17) is 11.6 Å². The lowest BCUT2D eigenvalue weighted by molar-refractivity contribution is -0.856. The number of nitrogens with one attached hydrogen (secondary N) is 2. The van der Waals surface area contributed by atoms with Crippen molar-refractivity contribution in [2.45, 2.75) is 4.90 Å². The van der Waals surface area contributed by atoms with Crippen LogP contribution >= 0.6 is 11.6 Å². The highest BCUT2D eigenvalue weighted by Crippen LogP contribution is 2.22. The summed E-state index contributed by atoms with van der Waals surface area (Å²) in [7, 11) is -0.0552. The Morgan fingerprint density at radius 1 is 1.42 bits per heavy atom. The molecule has 19 heavy (non-hydrogen) atoms. The van der Waals surface area contributed by atoms with Crippen LogP contribution in [0.4, 0.5) is 0 Å². The molecule has 106 valence electrons. The molecule has 1 rings (SSSR count). The van der Waals surface area contributed by atoms with Crippen molar-refractivity contribution < 1.29 is 23.2 Å². The Hall–Kier alpha value is -1.15. The van der Waals surface area contributed by atoms with Crippen molar-refractivity contribution in [2.75, 3.05) is 27.2 Å². The average molecular weight is 307 g/mol. The van der Waals surface area contributed by atoms with Gasteiger partial charge in [-0.1, -0.05) is 17.7 Å². The van der Waals surface area contributed by atoms with Crippen LogP contribution in [0.1, 0.15) is 10.4 Å². The molecule has 0 saturated heterocycles. The third-order valence-electron chi connectivity index (χ3n) is 2.37. The van der Waals surface area contributed by atoms with E-state index in [1.165, 1.54) is 12.1 Å². The quantitative estimate of drug-likeness (QED) is 0.644. The fourth-order valence-electron chi connectivity index (χ4n) is 1.35. The lowest BCUT2D eigenvalue weighted by Gasteiger charge is -2.11. The monoisotopic (exact) mass is 306 g/mol. The summed E-state index contributed by atoms with van der Waals surface area (Å²) < 4.78 is 26.3. The normalized spacial score (nSPS) is 11.8. The maximum absolute atomic E-state index is 12.0. The van der Waals surface area contributed by atoms with Crippen LogP contribution in [-0.2, 0) is 10.0 Å². The van der Waals surface area contributed by atoms with Gasteiger partial charge in [-0.3, -0.25) is 0 Å². The van der Waals surface area contributed by atoms with Gasteiger partial charge in [-0.2, -0.15) is 0 Å². The number of sulfonamides is 1. The summed E-state index contributed by atoms with van der Waals surface area (Å²) in [4.78, 5) is 11.5.